The van der Waals surface area contributed by atoms with Crippen LogP contribution in [0.4, 0.5) is 0 Å². The summed E-state index contributed by atoms with van der Waals surface area (Å²) in [4.78, 5) is 12.1. The van der Waals surface area contributed by atoms with Crippen molar-refractivity contribution in [3.63, 3.8) is 0 Å². The van der Waals surface area contributed by atoms with E-state index >= 15 is 0 Å². The zero-order valence-corrected chi connectivity index (χ0v) is 14.1. The maximum absolute atomic E-state index is 12.1. The SMILES string of the molecule is Cc1ccc(O[C@H](C)C(=O)NCCCc2ccccc2)c(C)c1. The Morgan fingerprint density at radius 2 is 1.87 bits per heavy atom. The summed E-state index contributed by atoms with van der Waals surface area (Å²) in [6, 6.07) is 16.3. The maximum atomic E-state index is 12.1. The van der Waals surface area contributed by atoms with Crippen LogP contribution in [0.25, 0.3) is 0 Å². The molecule has 2 aromatic rings. The first-order chi connectivity index (χ1) is 11.1. The minimum absolute atomic E-state index is 0.0713. The van der Waals surface area contributed by atoms with Crippen LogP contribution in [-0.4, -0.2) is 18.6 Å². The Labute approximate surface area is 138 Å². The van der Waals surface area contributed by atoms with Crippen molar-refractivity contribution >= 4 is 5.91 Å². The second kappa shape index (κ2) is 8.37. The normalized spacial score (nSPS) is 11.8. The van der Waals surface area contributed by atoms with Crippen LogP contribution in [0, 0.1) is 13.8 Å². The van der Waals surface area contributed by atoms with Gasteiger partial charge in [0.15, 0.2) is 6.10 Å². The highest BCUT2D eigenvalue weighted by Gasteiger charge is 2.14. The predicted molar refractivity (Wildman–Crippen MR) is 93.8 cm³/mol. The zero-order valence-electron chi connectivity index (χ0n) is 14.1. The smallest absolute Gasteiger partial charge is 0.260 e. The number of hydrogen-bond donors (Lipinski definition) is 1. The molecule has 0 radical (unpaired) electrons. The lowest BCUT2D eigenvalue weighted by atomic mass is 10.1. The van der Waals surface area contributed by atoms with E-state index in [0.717, 1.165) is 24.2 Å². The van der Waals surface area contributed by atoms with Gasteiger partial charge in [-0.3, -0.25) is 4.79 Å². The Morgan fingerprint density at radius 3 is 2.57 bits per heavy atom. The Hall–Kier alpha value is -2.29. The van der Waals surface area contributed by atoms with Crippen LogP contribution in [0.3, 0.4) is 0 Å². The number of nitrogens with one attached hydrogen (secondary N) is 1. The molecule has 0 fully saturated rings. The Kier molecular flexibility index (Phi) is 6.21. The van der Waals surface area contributed by atoms with Gasteiger partial charge in [-0.1, -0.05) is 48.0 Å². The van der Waals surface area contributed by atoms with E-state index in [0.29, 0.717) is 6.54 Å². The second-order valence-corrected chi connectivity index (χ2v) is 5.91. The van der Waals surface area contributed by atoms with E-state index in [9.17, 15) is 4.79 Å². The van der Waals surface area contributed by atoms with E-state index in [1.54, 1.807) is 6.92 Å². The molecule has 0 saturated carbocycles. The summed E-state index contributed by atoms with van der Waals surface area (Å²) in [5.74, 6) is 0.695. The zero-order chi connectivity index (χ0) is 16.7. The summed E-state index contributed by atoms with van der Waals surface area (Å²) >= 11 is 0. The summed E-state index contributed by atoms with van der Waals surface area (Å²) in [7, 11) is 0. The fourth-order valence-corrected chi connectivity index (χ4v) is 2.47. The van der Waals surface area contributed by atoms with Crippen molar-refractivity contribution < 1.29 is 9.53 Å². The minimum atomic E-state index is -0.492. The third-order valence-corrected chi connectivity index (χ3v) is 3.79. The molecule has 0 spiro atoms. The summed E-state index contributed by atoms with van der Waals surface area (Å²) in [6.45, 7) is 6.48. The molecule has 0 aliphatic rings. The van der Waals surface area contributed by atoms with Crippen LogP contribution < -0.4 is 10.1 Å². The number of amides is 1. The molecular formula is C20H25NO2. The lowest BCUT2D eigenvalue weighted by Gasteiger charge is -2.16. The molecule has 1 N–H and O–H groups in total. The van der Waals surface area contributed by atoms with Crippen molar-refractivity contribution in [2.24, 2.45) is 0 Å². The van der Waals surface area contributed by atoms with Gasteiger partial charge in [-0.25, -0.2) is 0 Å². The van der Waals surface area contributed by atoms with Gasteiger partial charge in [-0.2, -0.15) is 0 Å². The number of rotatable bonds is 7. The van der Waals surface area contributed by atoms with Gasteiger partial charge in [0, 0.05) is 6.54 Å². The molecule has 2 aromatic carbocycles. The van der Waals surface area contributed by atoms with Gasteiger partial charge < -0.3 is 10.1 Å². The van der Waals surface area contributed by atoms with Crippen LogP contribution in [0.1, 0.15) is 30.0 Å². The molecule has 0 bridgehead atoms. The van der Waals surface area contributed by atoms with Crippen LogP contribution >= 0.6 is 0 Å². The Bertz CT molecular complexity index is 637. The van der Waals surface area contributed by atoms with E-state index in [4.69, 9.17) is 4.74 Å². The molecule has 0 heterocycles. The molecule has 1 amide bonds. The number of benzene rings is 2. The molecule has 23 heavy (non-hydrogen) atoms. The summed E-state index contributed by atoms with van der Waals surface area (Å²) in [6.07, 6.45) is 1.40. The molecule has 0 aromatic heterocycles. The van der Waals surface area contributed by atoms with Crippen molar-refractivity contribution in [2.75, 3.05) is 6.54 Å². The average molecular weight is 311 g/mol. The van der Waals surface area contributed by atoms with Crippen molar-refractivity contribution in [3.05, 3.63) is 65.2 Å². The van der Waals surface area contributed by atoms with Gasteiger partial charge in [-0.15, -0.1) is 0 Å². The van der Waals surface area contributed by atoms with E-state index in [1.165, 1.54) is 11.1 Å². The third-order valence-electron chi connectivity index (χ3n) is 3.79. The summed E-state index contributed by atoms with van der Waals surface area (Å²) in [5.41, 5.74) is 3.53. The number of hydrogen-bond acceptors (Lipinski definition) is 2. The molecule has 0 aliphatic carbocycles. The van der Waals surface area contributed by atoms with Gasteiger partial charge >= 0.3 is 0 Å². The molecule has 0 saturated heterocycles. The molecule has 1 atom stereocenters. The van der Waals surface area contributed by atoms with Crippen molar-refractivity contribution in [2.45, 2.75) is 39.7 Å². The maximum Gasteiger partial charge on any atom is 0.260 e. The van der Waals surface area contributed by atoms with Gasteiger partial charge in [0.25, 0.3) is 5.91 Å². The van der Waals surface area contributed by atoms with E-state index in [2.05, 4.69) is 23.5 Å². The van der Waals surface area contributed by atoms with Gasteiger partial charge in [-0.05, 0) is 50.8 Å². The highest BCUT2D eigenvalue weighted by atomic mass is 16.5. The molecular weight excluding hydrogens is 286 g/mol. The largest absolute Gasteiger partial charge is 0.481 e. The van der Waals surface area contributed by atoms with Crippen LogP contribution in [-0.2, 0) is 11.2 Å². The molecule has 3 heteroatoms. The van der Waals surface area contributed by atoms with Crippen molar-refractivity contribution in [1.82, 2.24) is 5.32 Å². The summed E-state index contributed by atoms with van der Waals surface area (Å²) in [5, 5.41) is 2.94. The standard InChI is InChI=1S/C20H25NO2/c1-15-11-12-19(16(2)14-15)23-17(3)20(22)21-13-7-10-18-8-5-4-6-9-18/h4-6,8-9,11-12,14,17H,7,10,13H2,1-3H3,(H,21,22)/t17-/m1/s1. The van der Waals surface area contributed by atoms with Gasteiger partial charge in [0.2, 0.25) is 0 Å². The monoisotopic (exact) mass is 311 g/mol. The second-order valence-electron chi connectivity index (χ2n) is 5.91. The lowest BCUT2D eigenvalue weighted by molar-refractivity contribution is -0.127. The first-order valence-corrected chi connectivity index (χ1v) is 8.12. The molecule has 122 valence electrons. The predicted octanol–water partition coefficient (Wildman–Crippen LogP) is 3.82. The van der Waals surface area contributed by atoms with Gasteiger partial charge in [0.05, 0.1) is 0 Å². The van der Waals surface area contributed by atoms with Crippen molar-refractivity contribution in [3.8, 4) is 5.75 Å². The number of carbonyl (C=O) groups is 1. The fourth-order valence-electron chi connectivity index (χ4n) is 2.47. The number of aryl methyl sites for hydroxylation is 3. The Balaban J connectivity index is 1.74. The Morgan fingerprint density at radius 1 is 1.13 bits per heavy atom. The topological polar surface area (TPSA) is 38.3 Å². The first kappa shape index (κ1) is 17.1. The van der Waals surface area contributed by atoms with Crippen LogP contribution in [0.5, 0.6) is 5.75 Å². The highest BCUT2D eigenvalue weighted by Crippen LogP contribution is 2.20. The quantitative estimate of drug-likeness (QED) is 0.789. The van der Waals surface area contributed by atoms with Gasteiger partial charge in [0.1, 0.15) is 5.75 Å². The average Bonchev–Trinajstić information content (AvgIpc) is 2.55. The third kappa shape index (κ3) is 5.44. The molecule has 2 rings (SSSR count). The van der Waals surface area contributed by atoms with E-state index in [-0.39, 0.29) is 5.91 Å². The van der Waals surface area contributed by atoms with E-state index in [1.807, 2.05) is 44.2 Å². The number of ether oxygens (including phenoxy) is 1. The van der Waals surface area contributed by atoms with E-state index < -0.39 is 6.10 Å². The summed E-state index contributed by atoms with van der Waals surface area (Å²) < 4.78 is 5.77. The van der Waals surface area contributed by atoms with Crippen LogP contribution in [0.2, 0.25) is 0 Å². The molecule has 3 nitrogen and oxygen atoms in total. The first-order valence-electron chi connectivity index (χ1n) is 8.12. The minimum Gasteiger partial charge on any atom is -0.481 e. The lowest BCUT2D eigenvalue weighted by Crippen LogP contribution is -2.37. The van der Waals surface area contributed by atoms with Crippen molar-refractivity contribution in [1.29, 1.82) is 0 Å². The number of carbonyl (C=O) groups excluding carboxylic acids is 1. The molecule has 0 aliphatic heterocycles. The van der Waals surface area contributed by atoms with Crippen LogP contribution in [0.15, 0.2) is 48.5 Å². The highest BCUT2D eigenvalue weighted by molar-refractivity contribution is 5.80. The molecule has 0 unspecified atom stereocenters. The fraction of sp³-hybridized carbons (Fsp3) is 0.350.